The summed E-state index contributed by atoms with van der Waals surface area (Å²) in [6, 6.07) is 12.8. The summed E-state index contributed by atoms with van der Waals surface area (Å²) >= 11 is 0. The molecule has 1 saturated carbocycles. The Hall–Kier alpha value is -2.05. The number of fused-ring (bicyclic) bond motifs is 1. The van der Waals surface area contributed by atoms with Crippen molar-refractivity contribution in [3.05, 3.63) is 53.6 Å². The first-order valence-electron chi connectivity index (χ1n) is 9.98. The summed E-state index contributed by atoms with van der Waals surface area (Å²) in [6.45, 7) is 0.284. The van der Waals surface area contributed by atoms with E-state index in [9.17, 15) is 8.42 Å². The van der Waals surface area contributed by atoms with Crippen molar-refractivity contribution in [2.75, 3.05) is 13.7 Å². The van der Waals surface area contributed by atoms with Gasteiger partial charge >= 0.3 is 0 Å². The molecule has 2 aromatic carbocycles. The van der Waals surface area contributed by atoms with Gasteiger partial charge in [0.05, 0.1) is 18.0 Å². The predicted molar refractivity (Wildman–Crippen MR) is 109 cm³/mol. The highest BCUT2D eigenvalue weighted by Gasteiger charge is 2.27. The highest BCUT2D eigenvalue weighted by molar-refractivity contribution is 7.89. The summed E-state index contributed by atoms with van der Waals surface area (Å²) in [6.07, 6.45) is 6.82. The van der Waals surface area contributed by atoms with Gasteiger partial charge in [0, 0.05) is 0 Å². The Morgan fingerprint density at radius 2 is 1.79 bits per heavy atom. The highest BCUT2D eigenvalue weighted by atomic mass is 32.2. The van der Waals surface area contributed by atoms with Crippen LogP contribution in [0.3, 0.4) is 0 Å². The zero-order valence-corrected chi connectivity index (χ0v) is 17.0. The van der Waals surface area contributed by atoms with E-state index in [-0.39, 0.29) is 12.6 Å². The number of hydrogen-bond acceptors (Lipinski definition) is 4. The van der Waals surface area contributed by atoms with Crippen LogP contribution in [0.15, 0.2) is 47.4 Å². The molecule has 2 aliphatic rings. The number of para-hydroxylation sites is 1. The van der Waals surface area contributed by atoms with Gasteiger partial charge in [-0.15, -0.1) is 0 Å². The zero-order chi connectivity index (χ0) is 19.6. The number of hydrogen-bond donors (Lipinski definition) is 1. The maximum absolute atomic E-state index is 12.8. The van der Waals surface area contributed by atoms with Crippen molar-refractivity contribution in [2.24, 2.45) is 0 Å². The quantitative estimate of drug-likeness (QED) is 0.822. The molecular weight excluding hydrogens is 374 g/mol. The monoisotopic (exact) mass is 401 g/mol. The van der Waals surface area contributed by atoms with E-state index in [2.05, 4.69) is 4.72 Å². The molecule has 0 bridgehead atoms. The van der Waals surface area contributed by atoms with Gasteiger partial charge in [0.2, 0.25) is 10.0 Å². The molecule has 6 heteroatoms. The third kappa shape index (κ3) is 4.03. The fraction of sp³-hybridized carbons (Fsp3) is 0.455. The fourth-order valence-electron chi connectivity index (χ4n) is 4.27. The highest BCUT2D eigenvalue weighted by Crippen LogP contribution is 2.35. The Morgan fingerprint density at radius 3 is 2.50 bits per heavy atom. The number of benzene rings is 2. The molecule has 1 atom stereocenters. The van der Waals surface area contributed by atoms with Crippen LogP contribution >= 0.6 is 0 Å². The van der Waals surface area contributed by atoms with E-state index < -0.39 is 10.0 Å². The van der Waals surface area contributed by atoms with Crippen LogP contribution in [0.2, 0.25) is 0 Å². The van der Waals surface area contributed by atoms with Gasteiger partial charge < -0.3 is 9.47 Å². The lowest BCUT2D eigenvalue weighted by molar-refractivity contribution is 0.240. The molecule has 2 aromatic rings. The number of ether oxygens (including phenoxy) is 2. The van der Waals surface area contributed by atoms with Crippen LogP contribution in [0, 0.1) is 0 Å². The summed E-state index contributed by atoms with van der Waals surface area (Å²) in [5.74, 6) is 1.95. The third-order valence-corrected chi connectivity index (χ3v) is 7.30. The van der Waals surface area contributed by atoms with Crippen molar-refractivity contribution >= 4 is 10.0 Å². The van der Waals surface area contributed by atoms with Crippen molar-refractivity contribution in [1.82, 2.24) is 4.72 Å². The Morgan fingerprint density at radius 1 is 1.04 bits per heavy atom. The molecule has 0 amide bonds. The van der Waals surface area contributed by atoms with Crippen LogP contribution in [0.5, 0.6) is 11.5 Å². The van der Waals surface area contributed by atoms with Gasteiger partial charge in [-0.3, -0.25) is 0 Å². The smallest absolute Gasteiger partial charge is 0.240 e. The Bertz CT molecular complexity index is 918. The van der Waals surface area contributed by atoms with Crippen LogP contribution in [0.1, 0.15) is 49.1 Å². The SMILES string of the molecule is COc1cccc2c1OC[C@H](NS(=O)(=O)c1ccc(C3CCCCC3)cc1)C2. The second kappa shape index (κ2) is 8.13. The second-order valence-electron chi connectivity index (χ2n) is 7.69. The van der Waals surface area contributed by atoms with Crippen molar-refractivity contribution < 1.29 is 17.9 Å². The molecule has 4 rings (SSSR count). The van der Waals surface area contributed by atoms with Gasteiger partial charge in [-0.2, -0.15) is 0 Å². The third-order valence-electron chi connectivity index (χ3n) is 5.76. The van der Waals surface area contributed by atoms with Crippen LogP contribution in [0.4, 0.5) is 0 Å². The van der Waals surface area contributed by atoms with Gasteiger partial charge in [-0.1, -0.05) is 43.5 Å². The molecule has 150 valence electrons. The van der Waals surface area contributed by atoms with E-state index in [0.29, 0.717) is 28.7 Å². The first-order chi connectivity index (χ1) is 13.6. The summed E-state index contributed by atoms with van der Waals surface area (Å²) in [5, 5.41) is 0. The Labute approximate surface area is 167 Å². The number of methoxy groups -OCH3 is 1. The summed E-state index contributed by atoms with van der Waals surface area (Å²) in [7, 11) is -1.98. The molecule has 0 radical (unpaired) electrons. The first kappa shape index (κ1) is 19.3. The first-order valence-corrected chi connectivity index (χ1v) is 11.5. The van der Waals surface area contributed by atoms with Gasteiger partial charge in [-0.05, 0) is 54.5 Å². The molecule has 1 fully saturated rings. The average Bonchev–Trinajstić information content (AvgIpc) is 2.73. The minimum absolute atomic E-state index is 0.284. The number of nitrogens with one attached hydrogen (secondary N) is 1. The average molecular weight is 402 g/mol. The molecule has 0 aromatic heterocycles. The maximum atomic E-state index is 12.8. The van der Waals surface area contributed by atoms with E-state index in [1.807, 2.05) is 30.3 Å². The van der Waals surface area contributed by atoms with Gasteiger partial charge in [-0.25, -0.2) is 13.1 Å². The van der Waals surface area contributed by atoms with Crippen molar-refractivity contribution in [2.45, 2.75) is 55.4 Å². The molecule has 0 spiro atoms. The van der Waals surface area contributed by atoms with Crippen LogP contribution in [0.25, 0.3) is 0 Å². The van der Waals surface area contributed by atoms with E-state index in [0.717, 1.165) is 5.56 Å². The molecule has 1 aliphatic heterocycles. The molecular formula is C22H27NO4S. The Balaban J connectivity index is 1.45. The molecule has 0 unspecified atom stereocenters. The lowest BCUT2D eigenvalue weighted by Gasteiger charge is -2.27. The molecule has 1 N–H and O–H groups in total. The van der Waals surface area contributed by atoms with Crippen LogP contribution in [-0.4, -0.2) is 28.2 Å². The minimum Gasteiger partial charge on any atom is -0.493 e. The van der Waals surface area contributed by atoms with Crippen molar-refractivity contribution in [3.63, 3.8) is 0 Å². The normalized spacial score (nSPS) is 20.2. The van der Waals surface area contributed by atoms with E-state index >= 15 is 0 Å². The second-order valence-corrected chi connectivity index (χ2v) is 9.40. The van der Waals surface area contributed by atoms with E-state index in [1.54, 1.807) is 19.2 Å². The number of rotatable bonds is 5. The van der Waals surface area contributed by atoms with Gasteiger partial charge in [0.1, 0.15) is 6.61 Å². The maximum Gasteiger partial charge on any atom is 0.240 e. The zero-order valence-electron chi connectivity index (χ0n) is 16.2. The van der Waals surface area contributed by atoms with Crippen LogP contribution in [-0.2, 0) is 16.4 Å². The van der Waals surface area contributed by atoms with Crippen molar-refractivity contribution in [3.8, 4) is 11.5 Å². The van der Waals surface area contributed by atoms with E-state index in [1.165, 1.54) is 37.7 Å². The summed E-state index contributed by atoms with van der Waals surface area (Å²) < 4.78 is 39.6. The predicted octanol–water partition coefficient (Wildman–Crippen LogP) is 4.02. The van der Waals surface area contributed by atoms with Crippen LogP contribution < -0.4 is 14.2 Å². The lowest BCUT2D eigenvalue weighted by atomic mass is 9.84. The van der Waals surface area contributed by atoms with Gasteiger partial charge in [0.25, 0.3) is 0 Å². The molecule has 1 aliphatic carbocycles. The molecule has 5 nitrogen and oxygen atoms in total. The topological polar surface area (TPSA) is 64.6 Å². The minimum atomic E-state index is -3.59. The largest absolute Gasteiger partial charge is 0.493 e. The molecule has 28 heavy (non-hydrogen) atoms. The van der Waals surface area contributed by atoms with E-state index in [4.69, 9.17) is 9.47 Å². The fourth-order valence-corrected chi connectivity index (χ4v) is 5.49. The van der Waals surface area contributed by atoms with Crippen molar-refractivity contribution in [1.29, 1.82) is 0 Å². The summed E-state index contributed by atoms with van der Waals surface area (Å²) in [4.78, 5) is 0.309. The summed E-state index contributed by atoms with van der Waals surface area (Å²) in [5.41, 5.74) is 2.20. The Kier molecular flexibility index (Phi) is 5.60. The van der Waals surface area contributed by atoms with Gasteiger partial charge in [0.15, 0.2) is 11.5 Å². The molecule has 0 saturated heterocycles. The standard InChI is InChI=1S/C22H27NO4S/c1-26-21-9-5-8-18-14-19(15-27-22(18)21)23-28(24,25)20-12-10-17(11-13-20)16-6-3-2-4-7-16/h5,8-13,16,19,23H,2-4,6-7,14-15H2,1H3/t19-/m1/s1. The molecule has 1 heterocycles. The number of sulfonamides is 1. The lowest BCUT2D eigenvalue weighted by Crippen LogP contribution is -2.42.